The molecule has 1 spiro atoms. The number of aromatic nitrogens is 2. The summed E-state index contributed by atoms with van der Waals surface area (Å²) >= 11 is 6.47. The first-order chi connectivity index (χ1) is 25.9. The standard InChI is InChI=1S/C40H50ClN5O7S/c1-6-52-34-15-16-35(50-4)30-12-9-28(30)20-46-23-40(17-7-8-26-18-29(41)11-13-32(26)40)24-53-36-14-10-27(19-33(36)46)37(47)43-54(49,22-25(34)2)44-38(48)31-21-45(3)42-39(31)51-5/h10-11,13-16,18-19,21,25,28,30,34-35H,6-9,12,17,20,22-24H2,1-5H3,(H,43,44,47,48,49)/b16-15+/t25-,28+,30-,34+,35+,40+,54?/m1/s1. The van der Waals surface area contributed by atoms with Gasteiger partial charge in [0, 0.05) is 62.0 Å². The summed E-state index contributed by atoms with van der Waals surface area (Å²) in [5, 5.41) is 4.89. The molecule has 2 bridgehead atoms. The number of hydrogen-bond acceptors (Lipinski definition) is 9. The maximum Gasteiger partial charge on any atom is 0.286 e. The summed E-state index contributed by atoms with van der Waals surface area (Å²) in [6.07, 6.45) is 9.83. The molecule has 0 radical (unpaired) electrons. The number of aryl methyl sites for hydroxylation is 2. The Hall–Kier alpha value is -3.91. The number of benzene rings is 2. The van der Waals surface area contributed by atoms with Crippen LogP contribution < -0.4 is 19.1 Å². The number of carbonyl (C=O) groups excluding carboxylic acids is 2. The Labute approximate surface area is 322 Å². The van der Waals surface area contributed by atoms with Crippen LogP contribution in [-0.4, -0.2) is 84.3 Å². The van der Waals surface area contributed by atoms with Crippen LogP contribution in [0.4, 0.5) is 5.69 Å². The molecule has 7 rings (SSSR count). The Morgan fingerprint density at radius 1 is 1.15 bits per heavy atom. The van der Waals surface area contributed by atoms with Crippen LogP contribution in [-0.2, 0) is 38.3 Å². The van der Waals surface area contributed by atoms with Crippen molar-refractivity contribution in [1.82, 2.24) is 14.5 Å². The largest absolute Gasteiger partial charge is 0.490 e. The molecule has 1 aromatic heterocycles. The van der Waals surface area contributed by atoms with E-state index >= 15 is 0 Å². The zero-order valence-electron chi connectivity index (χ0n) is 31.6. The molecule has 1 fully saturated rings. The number of amides is 2. The lowest BCUT2D eigenvalue weighted by Gasteiger charge is -2.46. The topological polar surface area (TPSA) is 134 Å². The average molecular weight is 780 g/mol. The second-order valence-electron chi connectivity index (χ2n) is 15.1. The van der Waals surface area contributed by atoms with Gasteiger partial charge in [-0.1, -0.05) is 36.7 Å². The number of hydrogen-bond donors (Lipinski definition) is 1. The summed E-state index contributed by atoms with van der Waals surface area (Å²) < 4.78 is 47.4. The van der Waals surface area contributed by atoms with E-state index < -0.39 is 33.8 Å². The van der Waals surface area contributed by atoms with E-state index in [1.807, 2.05) is 32.1 Å². The van der Waals surface area contributed by atoms with Crippen LogP contribution in [0.5, 0.6) is 11.6 Å². The maximum atomic E-state index is 14.9. The summed E-state index contributed by atoms with van der Waals surface area (Å²) in [6, 6.07) is 11.5. The lowest BCUT2D eigenvalue weighted by molar-refractivity contribution is 0.0112. The molecule has 1 unspecified atom stereocenters. The molecule has 7 atom stereocenters. The predicted molar refractivity (Wildman–Crippen MR) is 208 cm³/mol. The van der Waals surface area contributed by atoms with E-state index in [0.29, 0.717) is 31.4 Å². The Kier molecular flexibility index (Phi) is 11.1. The van der Waals surface area contributed by atoms with Crippen LogP contribution in [0, 0.1) is 17.8 Å². The van der Waals surface area contributed by atoms with E-state index in [4.69, 9.17) is 30.5 Å². The van der Waals surface area contributed by atoms with Crippen LogP contribution >= 0.6 is 11.6 Å². The van der Waals surface area contributed by atoms with Crippen molar-refractivity contribution in [2.45, 2.75) is 63.6 Å². The number of halogens is 1. The fourth-order valence-corrected chi connectivity index (χ4v) is 10.8. The van der Waals surface area contributed by atoms with E-state index in [9.17, 15) is 13.8 Å². The van der Waals surface area contributed by atoms with Crippen LogP contribution in [0.15, 0.2) is 59.1 Å². The summed E-state index contributed by atoms with van der Waals surface area (Å²) in [7, 11) is 1.06. The van der Waals surface area contributed by atoms with Crippen molar-refractivity contribution in [3.8, 4) is 11.6 Å². The number of nitrogens with one attached hydrogen (secondary N) is 1. The number of fused-ring (bicyclic) bond motifs is 4. The Bertz CT molecular complexity index is 2060. The predicted octanol–water partition coefficient (Wildman–Crippen LogP) is 6.16. The van der Waals surface area contributed by atoms with Gasteiger partial charge in [-0.2, -0.15) is 0 Å². The molecular weight excluding hydrogens is 730 g/mol. The second kappa shape index (κ2) is 15.7. The van der Waals surface area contributed by atoms with E-state index in [2.05, 4.69) is 37.3 Å². The minimum absolute atomic E-state index is 0.0629. The molecule has 2 aromatic carbocycles. The molecule has 1 saturated carbocycles. The lowest BCUT2D eigenvalue weighted by Crippen LogP contribution is -2.49. The van der Waals surface area contributed by atoms with Crippen molar-refractivity contribution in [1.29, 1.82) is 0 Å². The van der Waals surface area contributed by atoms with Gasteiger partial charge in [0.15, 0.2) is 0 Å². The van der Waals surface area contributed by atoms with E-state index in [-0.39, 0.29) is 40.2 Å². The fourth-order valence-electron chi connectivity index (χ4n) is 8.72. The zero-order chi connectivity index (χ0) is 38.2. The highest BCUT2D eigenvalue weighted by molar-refractivity contribution is 7.92. The fraction of sp³-hybridized carbons (Fsp3) is 0.525. The summed E-state index contributed by atoms with van der Waals surface area (Å²) in [6.45, 7) is 6.08. The summed E-state index contributed by atoms with van der Waals surface area (Å²) in [5.74, 6) is -0.667. The first-order valence-electron chi connectivity index (χ1n) is 18.8. The van der Waals surface area contributed by atoms with Gasteiger partial charge >= 0.3 is 0 Å². The van der Waals surface area contributed by atoms with Crippen LogP contribution in [0.2, 0.25) is 5.02 Å². The number of carbonyl (C=O) groups is 2. The van der Waals surface area contributed by atoms with Gasteiger partial charge in [-0.05, 0) is 92.3 Å². The third-order valence-electron chi connectivity index (χ3n) is 11.5. The number of methoxy groups -OCH3 is 2. The lowest BCUT2D eigenvalue weighted by atomic mass is 9.68. The molecule has 1 N–H and O–H groups in total. The monoisotopic (exact) mass is 779 g/mol. The smallest absolute Gasteiger partial charge is 0.286 e. The third kappa shape index (κ3) is 7.65. The summed E-state index contributed by atoms with van der Waals surface area (Å²) in [4.78, 5) is 30.2. The molecule has 14 heteroatoms. The average Bonchev–Trinajstić information content (AvgIpc) is 3.45. The van der Waals surface area contributed by atoms with Crippen molar-refractivity contribution < 1.29 is 32.7 Å². The molecule has 12 nitrogen and oxygen atoms in total. The number of ether oxygens (including phenoxy) is 4. The first kappa shape index (κ1) is 38.4. The van der Waals surface area contributed by atoms with E-state index in [0.717, 1.165) is 49.4 Å². The second-order valence-corrected chi connectivity index (χ2v) is 17.6. The van der Waals surface area contributed by atoms with Gasteiger partial charge < -0.3 is 23.8 Å². The third-order valence-corrected chi connectivity index (χ3v) is 13.7. The number of rotatable bonds is 6. The van der Waals surface area contributed by atoms with Crippen LogP contribution in [0.3, 0.4) is 0 Å². The molecule has 2 aliphatic heterocycles. The van der Waals surface area contributed by atoms with Crippen molar-refractivity contribution >= 4 is 39.0 Å². The molecule has 290 valence electrons. The molecule has 2 aliphatic carbocycles. The molecule has 54 heavy (non-hydrogen) atoms. The minimum Gasteiger partial charge on any atom is -0.490 e. The van der Waals surface area contributed by atoms with Gasteiger partial charge in [0.2, 0.25) is 5.88 Å². The highest BCUT2D eigenvalue weighted by Gasteiger charge is 2.44. The normalized spacial score (nSPS) is 30.1. The molecular formula is C40H50ClN5O7S. The van der Waals surface area contributed by atoms with Crippen molar-refractivity contribution in [2.24, 2.45) is 29.2 Å². The van der Waals surface area contributed by atoms with Gasteiger partial charge in [0.1, 0.15) is 21.2 Å². The number of nitrogens with zero attached hydrogens (tertiary/aromatic N) is 4. The van der Waals surface area contributed by atoms with Crippen molar-refractivity contribution in [3.05, 3.63) is 82.0 Å². The quantitative estimate of drug-likeness (QED) is 0.292. The van der Waals surface area contributed by atoms with Crippen LogP contribution in [0.25, 0.3) is 0 Å². The van der Waals surface area contributed by atoms with Crippen LogP contribution in [0.1, 0.15) is 71.4 Å². The molecule has 3 aromatic rings. The van der Waals surface area contributed by atoms with E-state index in [1.54, 1.807) is 26.3 Å². The first-order valence-corrected chi connectivity index (χ1v) is 20.8. The SMILES string of the molecule is CCO[C@H]1/C=C/[C@H](OC)[C@@H]2CC[C@H]2CN2C[C@@]3(CCCc4cc(Cl)ccc43)COc3ccc(cc32)C(=O)N=S(=O)(NC(=O)c2cn(C)nc2OC)C[C@H]1C. The Morgan fingerprint density at radius 2 is 1.96 bits per heavy atom. The van der Waals surface area contributed by atoms with Gasteiger partial charge in [-0.3, -0.25) is 19.0 Å². The maximum absolute atomic E-state index is 14.9. The highest BCUT2D eigenvalue weighted by atomic mass is 35.5. The summed E-state index contributed by atoms with van der Waals surface area (Å²) in [5.41, 5.74) is 3.32. The highest BCUT2D eigenvalue weighted by Crippen LogP contribution is 2.47. The molecule has 2 amide bonds. The van der Waals surface area contributed by atoms with Gasteiger partial charge in [0.25, 0.3) is 11.8 Å². The Balaban J connectivity index is 1.33. The minimum atomic E-state index is -3.72. The zero-order valence-corrected chi connectivity index (χ0v) is 33.2. The molecule has 0 saturated heterocycles. The number of anilines is 1. The van der Waals surface area contributed by atoms with Gasteiger partial charge in [-0.25, -0.2) is 4.21 Å². The molecule has 3 heterocycles. The Morgan fingerprint density at radius 3 is 2.70 bits per heavy atom. The van der Waals surface area contributed by atoms with Gasteiger partial charge in [0.05, 0.1) is 37.4 Å². The molecule has 4 aliphatic rings. The van der Waals surface area contributed by atoms with Crippen molar-refractivity contribution in [3.63, 3.8) is 0 Å². The van der Waals surface area contributed by atoms with Gasteiger partial charge in [-0.15, -0.1) is 9.46 Å². The van der Waals surface area contributed by atoms with Crippen molar-refractivity contribution in [2.75, 3.05) is 51.2 Å². The van der Waals surface area contributed by atoms with E-state index in [1.165, 1.54) is 29.1 Å².